The van der Waals surface area contributed by atoms with Crippen molar-refractivity contribution in [3.8, 4) is 5.88 Å². The van der Waals surface area contributed by atoms with E-state index in [1.807, 2.05) is 6.07 Å². The molecule has 1 aliphatic carbocycles. The van der Waals surface area contributed by atoms with E-state index in [9.17, 15) is 5.11 Å². The molecule has 1 heterocycles. The molecule has 66 valence electrons. The van der Waals surface area contributed by atoms with E-state index in [0.717, 1.165) is 16.8 Å². The van der Waals surface area contributed by atoms with Gasteiger partial charge in [-0.05, 0) is 36.5 Å². The first-order valence-electron chi connectivity index (χ1n) is 4.64. The van der Waals surface area contributed by atoms with Crippen LogP contribution in [0.3, 0.4) is 0 Å². The predicted molar refractivity (Wildman–Crippen MR) is 51.9 cm³/mol. The normalized spacial score (nSPS) is 16.6. The van der Waals surface area contributed by atoms with E-state index in [2.05, 4.69) is 17.1 Å². The van der Waals surface area contributed by atoms with E-state index < -0.39 is 0 Å². The maximum Gasteiger partial charge on any atom is 0.189 e. The summed E-state index contributed by atoms with van der Waals surface area (Å²) < 4.78 is 0. The third-order valence-electron chi connectivity index (χ3n) is 2.68. The van der Waals surface area contributed by atoms with Crippen LogP contribution in [0.4, 0.5) is 0 Å². The Balaban J connectivity index is 2.20. The van der Waals surface area contributed by atoms with Crippen molar-refractivity contribution >= 4 is 10.9 Å². The highest BCUT2D eigenvalue weighted by Gasteiger charge is 2.23. The van der Waals surface area contributed by atoms with Gasteiger partial charge in [0.2, 0.25) is 0 Å². The molecular formula is C11H11NO. The lowest BCUT2D eigenvalue weighted by Crippen LogP contribution is -1.77. The number of rotatable bonds is 1. The Morgan fingerprint density at radius 2 is 2.08 bits per heavy atom. The molecule has 0 unspecified atom stereocenters. The zero-order valence-corrected chi connectivity index (χ0v) is 7.25. The first-order valence-corrected chi connectivity index (χ1v) is 4.64. The minimum atomic E-state index is 0.253. The molecule has 2 N–H and O–H groups in total. The van der Waals surface area contributed by atoms with Crippen LogP contribution in [0.2, 0.25) is 0 Å². The van der Waals surface area contributed by atoms with Crippen LogP contribution in [-0.2, 0) is 0 Å². The summed E-state index contributed by atoms with van der Waals surface area (Å²) in [5.41, 5.74) is 2.42. The van der Waals surface area contributed by atoms with Crippen LogP contribution in [0.1, 0.15) is 24.3 Å². The largest absolute Gasteiger partial charge is 0.495 e. The second-order valence-electron chi connectivity index (χ2n) is 3.78. The molecule has 1 aliphatic rings. The fraction of sp³-hybridized carbons (Fsp3) is 0.273. The van der Waals surface area contributed by atoms with Crippen molar-refractivity contribution in [2.45, 2.75) is 18.8 Å². The molecule has 2 aromatic rings. The second-order valence-corrected chi connectivity index (χ2v) is 3.78. The van der Waals surface area contributed by atoms with Crippen LogP contribution in [0, 0.1) is 0 Å². The molecule has 3 rings (SSSR count). The molecular weight excluding hydrogens is 162 g/mol. The van der Waals surface area contributed by atoms with E-state index in [0.29, 0.717) is 0 Å². The van der Waals surface area contributed by atoms with Gasteiger partial charge in [-0.15, -0.1) is 0 Å². The predicted octanol–water partition coefficient (Wildman–Crippen LogP) is 2.75. The summed E-state index contributed by atoms with van der Waals surface area (Å²) in [6.45, 7) is 0. The molecule has 0 radical (unpaired) electrons. The molecule has 0 spiro atoms. The number of H-pyrrole nitrogens is 1. The number of hydrogen-bond acceptors (Lipinski definition) is 1. The lowest BCUT2D eigenvalue weighted by Gasteiger charge is -1.96. The number of nitrogens with one attached hydrogen (secondary N) is 1. The highest BCUT2D eigenvalue weighted by molar-refractivity contribution is 5.82. The third kappa shape index (κ3) is 1.10. The Morgan fingerprint density at radius 3 is 2.85 bits per heavy atom. The topological polar surface area (TPSA) is 36.0 Å². The van der Waals surface area contributed by atoms with E-state index >= 15 is 0 Å². The van der Waals surface area contributed by atoms with Crippen molar-refractivity contribution in [3.05, 3.63) is 29.8 Å². The molecule has 1 aromatic heterocycles. The summed E-state index contributed by atoms with van der Waals surface area (Å²) in [7, 11) is 0. The van der Waals surface area contributed by atoms with Crippen molar-refractivity contribution in [3.63, 3.8) is 0 Å². The van der Waals surface area contributed by atoms with Gasteiger partial charge < -0.3 is 10.1 Å². The Bertz CT molecular complexity index is 454. The molecule has 0 bridgehead atoms. The highest BCUT2D eigenvalue weighted by atomic mass is 16.3. The SMILES string of the molecule is Oc1cc2cc(C3CC3)ccc2[nH]1. The maximum absolute atomic E-state index is 9.25. The summed E-state index contributed by atoms with van der Waals surface area (Å²) in [6.07, 6.45) is 2.64. The van der Waals surface area contributed by atoms with Gasteiger partial charge in [0, 0.05) is 17.0 Å². The lowest BCUT2D eigenvalue weighted by atomic mass is 10.1. The minimum absolute atomic E-state index is 0.253. The summed E-state index contributed by atoms with van der Waals surface area (Å²) >= 11 is 0. The minimum Gasteiger partial charge on any atom is -0.495 e. The number of fused-ring (bicyclic) bond motifs is 1. The molecule has 1 fully saturated rings. The fourth-order valence-corrected chi connectivity index (χ4v) is 1.81. The number of aromatic hydroxyl groups is 1. The summed E-state index contributed by atoms with van der Waals surface area (Å²) in [5.74, 6) is 1.03. The zero-order valence-electron chi connectivity index (χ0n) is 7.25. The van der Waals surface area contributed by atoms with Crippen molar-refractivity contribution in [1.29, 1.82) is 0 Å². The Labute approximate surface area is 76.2 Å². The molecule has 2 heteroatoms. The van der Waals surface area contributed by atoms with E-state index in [4.69, 9.17) is 0 Å². The third-order valence-corrected chi connectivity index (χ3v) is 2.68. The molecule has 0 aliphatic heterocycles. The molecule has 1 saturated carbocycles. The van der Waals surface area contributed by atoms with Gasteiger partial charge in [0.05, 0.1) is 0 Å². The zero-order chi connectivity index (χ0) is 8.84. The van der Waals surface area contributed by atoms with Gasteiger partial charge in [0.1, 0.15) is 0 Å². The Morgan fingerprint density at radius 1 is 1.23 bits per heavy atom. The number of benzene rings is 1. The monoisotopic (exact) mass is 173 g/mol. The van der Waals surface area contributed by atoms with Gasteiger partial charge in [0.25, 0.3) is 0 Å². The Hall–Kier alpha value is -1.44. The van der Waals surface area contributed by atoms with Gasteiger partial charge >= 0.3 is 0 Å². The van der Waals surface area contributed by atoms with Crippen molar-refractivity contribution in [1.82, 2.24) is 4.98 Å². The van der Waals surface area contributed by atoms with Crippen LogP contribution in [0.25, 0.3) is 10.9 Å². The van der Waals surface area contributed by atoms with Crippen molar-refractivity contribution < 1.29 is 5.11 Å². The molecule has 0 amide bonds. The van der Waals surface area contributed by atoms with Gasteiger partial charge in [-0.3, -0.25) is 0 Å². The number of hydrogen-bond donors (Lipinski definition) is 2. The lowest BCUT2D eigenvalue weighted by molar-refractivity contribution is 0.458. The van der Waals surface area contributed by atoms with Crippen LogP contribution in [0.15, 0.2) is 24.3 Å². The molecule has 1 aromatic carbocycles. The average Bonchev–Trinajstić information content (AvgIpc) is 2.87. The summed E-state index contributed by atoms with van der Waals surface area (Å²) in [4.78, 5) is 2.90. The maximum atomic E-state index is 9.25. The van der Waals surface area contributed by atoms with Gasteiger partial charge in [0.15, 0.2) is 5.88 Å². The first kappa shape index (κ1) is 7.01. The standard InChI is InChI=1S/C11H11NO/c13-11-6-9-5-8(7-1-2-7)3-4-10(9)12-11/h3-7,12-13H,1-2H2. The summed E-state index contributed by atoms with van der Waals surface area (Å²) in [5, 5.41) is 10.4. The van der Waals surface area contributed by atoms with Crippen LogP contribution in [0.5, 0.6) is 5.88 Å². The van der Waals surface area contributed by atoms with Crippen LogP contribution >= 0.6 is 0 Å². The molecule has 0 saturated heterocycles. The fourth-order valence-electron chi connectivity index (χ4n) is 1.81. The smallest absolute Gasteiger partial charge is 0.189 e. The van der Waals surface area contributed by atoms with E-state index in [-0.39, 0.29) is 5.88 Å². The first-order chi connectivity index (χ1) is 6.33. The molecule has 2 nitrogen and oxygen atoms in total. The van der Waals surface area contributed by atoms with Gasteiger partial charge in [-0.1, -0.05) is 6.07 Å². The molecule has 13 heavy (non-hydrogen) atoms. The highest BCUT2D eigenvalue weighted by Crippen LogP contribution is 2.41. The second kappa shape index (κ2) is 2.28. The molecule has 0 atom stereocenters. The van der Waals surface area contributed by atoms with E-state index in [1.54, 1.807) is 6.07 Å². The van der Waals surface area contributed by atoms with E-state index in [1.165, 1.54) is 18.4 Å². The number of aromatic amines is 1. The van der Waals surface area contributed by atoms with Crippen LogP contribution in [-0.4, -0.2) is 10.1 Å². The average molecular weight is 173 g/mol. The van der Waals surface area contributed by atoms with Crippen LogP contribution < -0.4 is 0 Å². The quantitative estimate of drug-likeness (QED) is 0.683. The van der Waals surface area contributed by atoms with Gasteiger partial charge in [-0.25, -0.2) is 0 Å². The number of aromatic nitrogens is 1. The van der Waals surface area contributed by atoms with Crippen molar-refractivity contribution in [2.75, 3.05) is 0 Å². The Kier molecular flexibility index (Phi) is 1.23. The summed E-state index contributed by atoms with van der Waals surface area (Å²) in [6, 6.07) is 8.14. The van der Waals surface area contributed by atoms with Crippen molar-refractivity contribution in [2.24, 2.45) is 0 Å². The van der Waals surface area contributed by atoms with Gasteiger partial charge in [-0.2, -0.15) is 0 Å².